The summed E-state index contributed by atoms with van der Waals surface area (Å²) in [5, 5.41) is 8.68. The number of ether oxygens (including phenoxy) is 2. The number of aromatic nitrogens is 4. The Morgan fingerprint density at radius 1 is 1.12 bits per heavy atom. The third kappa shape index (κ3) is 5.24. The third-order valence-electron chi connectivity index (χ3n) is 7.69. The van der Waals surface area contributed by atoms with Gasteiger partial charge in [0.2, 0.25) is 0 Å². The van der Waals surface area contributed by atoms with Crippen LogP contribution in [0.1, 0.15) is 40.0 Å². The molecule has 0 saturated carbocycles. The van der Waals surface area contributed by atoms with Crippen molar-refractivity contribution in [2.45, 2.75) is 69.9 Å². The number of amides is 1. The molecule has 2 aliphatic heterocycles. The molecule has 0 aliphatic carbocycles. The average Bonchev–Trinajstić information content (AvgIpc) is 3.27. The zero-order chi connectivity index (χ0) is 28.8. The number of halogens is 1. The van der Waals surface area contributed by atoms with Crippen molar-refractivity contribution in [3.63, 3.8) is 0 Å². The Morgan fingerprint density at radius 2 is 1.88 bits per heavy atom. The Morgan fingerprint density at radius 3 is 2.52 bits per heavy atom. The van der Waals surface area contributed by atoms with Crippen LogP contribution in [0.5, 0.6) is 5.75 Å². The lowest BCUT2D eigenvalue weighted by atomic mass is 9.94. The average molecular weight is 551 g/mol. The molecule has 5 rings (SSSR count). The van der Waals surface area contributed by atoms with E-state index in [0.29, 0.717) is 35.8 Å². The third-order valence-corrected chi connectivity index (χ3v) is 7.69. The standard InChI is InChI=1S/C29H35FN6O4/c1-29(2,3)40-28(38)36-19-8-10-21(36)26(30)22(15-19)35(5)24-16-31-27(33-32-24)20-9-7-17(13-23(20)39-6)18-11-12-34(4)25(37)14-18/h7,9,11-14,16,19,21-22,26H,8,10,15H2,1-6H3/t19-,21+,22-,26+/m0/s1. The van der Waals surface area contributed by atoms with Crippen molar-refractivity contribution in [1.29, 1.82) is 0 Å². The highest BCUT2D eigenvalue weighted by Gasteiger charge is 2.52. The Balaban J connectivity index is 1.33. The summed E-state index contributed by atoms with van der Waals surface area (Å²) in [6, 6.07) is 7.87. The van der Waals surface area contributed by atoms with E-state index in [1.54, 1.807) is 49.5 Å². The molecule has 2 aromatic heterocycles. The van der Waals surface area contributed by atoms with E-state index in [1.807, 2.05) is 45.0 Å². The molecule has 40 heavy (non-hydrogen) atoms. The van der Waals surface area contributed by atoms with Gasteiger partial charge in [0.1, 0.15) is 17.5 Å². The van der Waals surface area contributed by atoms with Crippen molar-refractivity contribution in [2.75, 3.05) is 19.1 Å². The van der Waals surface area contributed by atoms with Gasteiger partial charge in [0.05, 0.1) is 31.0 Å². The number of hydrogen-bond donors (Lipinski definition) is 0. The SMILES string of the molecule is COc1cc(-c2ccn(C)c(=O)c2)ccc1-c1ncc(N(C)[C@H]2C[C@@H]3CC[C@H]([C@H]2F)N3C(=O)OC(C)(C)C)nn1. The van der Waals surface area contributed by atoms with Crippen LogP contribution in [-0.2, 0) is 11.8 Å². The van der Waals surface area contributed by atoms with Crippen molar-refractivity contribution in [2.24, 2.45) is 7.05 Å². The Labute approximate surface area is 232 Å². The van der Waals surface area contributed by atoms with Gasteiger partial charge in [-0.05, 0) is 69.4 Å². The van der Waals surface area contributed by atoms with E-state index >= 15 is 4.39 Å². The summed E-state index contributed by atoms with van der Waals surface area (Å²) in [6.45, 7) is 5.44. The van der Waals surface area contributed by atoms with E-state index in [-0.39, 0.29) is 11.6 Å². The van der Waals surface area contributed by atoms with Crippen molar-refractivity contribution in [3.8, 4) is 28.3 Å². The number of aryl methyl sites for hydroxylation is 1. The summed E-state index contributed by atoms with van der Waals surface area (Å²) in [5.41, 5.74) is 1.50. The highest BCUT2D eigenvalue weighted by Crippen LogP contribution is 2.41. The number of fused-ring (bicyclic) bond motifs is 2. The molecule has 4 atom stereocenters. The van der Waals surface area contributed by atoms with Gasteiger partial charge in [0, 0.05) is 32.4 Å². The summed E-state index contributed by atoms with van der Waals surface area (Å²) in [5.74, 6) is 1.34. The molecule has 10 nitrogen and oxygen atoms in total. The molecule has 0 radical (unpaired) electrons. The Kier molecular flexibility index (Phi) is 7.24. The van der Waals surface area contributed by atoms with E-state index in [2.05, 4.69) is 15.2 Å². The summed E-state index contributed by atoms with van der Waals surface area (Å²) in [7, 11) is 5.04. The summed E-state index contributed by atoms with van der Waals surface area (Å²) in [4.78, 5) is 32.7. The maximum absolute atomic E-state index is 15.8. The molecule has 2 aliphatic rings. The summed E-state index contributed by atoms with van der Waals surface area (Å²) >= 11 is 0. The van der Waals surface area contributed by atoms with Crippen LogP contribution in [0.4, 0.5) is 15.0 Å². The number of anilines is 1. The topological polar surface area (TPSA) is 103 Å². The molecule has 11 heteroatoms. The number of carbonyl (C=O) groups excluding carboxylic acids is 1. The first-order chi connectivity index (χ1) is 19.0. The van der Waals surface area contributed by atoms with E-state index in [0.717, 1.165) is 17.5 Å². The Bertz CT molecular complexity index is 1450. The maximum atomic E-state index is 15.8. The van der Waals surface area contributed by atoms with Crippen LogP contribution in [-0.4, -0.2) is 74.8 Å². The number of rotatable bonds is 5. The second-order valence-electron chi connectivity index (χ2n) is 11.5. The second-order valence-corrected chi connectivity index (χ2v) is 11.5. The second kappa shape index (κ2) is 10.5. The molecule has 1 amide bonds. The zero-order valence-electron chi connectivity index (χ0n) is 23.7. The first-order valence-corrected chi connectivity index (χ1v) is 13.4. The first kappa shape index (κ1) is 27.5. The highest BCUT2D eigenvalue weighted by atomic mass is 19.1. The van der Waals surface area contributed by atoms with Gasteiger partial charge >= 0.3 is 6.09 Å². The molecule has 212 valence electrons. The molecular formula is C29H35FN6O4. The lowest BCUT2D eigenvalue weighted by molar-refractivity contribution is -0.0104. The van der Waals surface area contributed by atoms with Gasteiger partial charge in [0.15, 0.2) is 11.6 Å². The number of piperidine rings is 1. The maximum Gasteiger partial charge on any atom is 0.410 e. The molecule has 3 aromatic rings. The van der Waals surface area contributed by atoms with Gasteiger partial charge in [0.25, 0.3) is 5.56 Å². The molecular weight excluding hydrogens is 515 g/mol. The molecule has 2 saturated heterocycles. The van der Waals surface area contributed by atoms with Crippen LogP contribution >= 0.6 is 0 Å². The van der Waals surface area contributed by atoms with Gasteiger partial charge in [-0.25, -0.2) is 14.2 Å². The molecule has 0 N–H and O–H groups in total. The smallest absolute Gasteiger partial charge is 0.410 e. The van der Waals surface area contributed by atoms with Crippen LogP contribution in [0.25, 0.3) is 22.5 Å². The monoisotopic (exact) mass is 550 g/mol. The fourth-order valence-electron chi connectivity index (χ4n) is 5.60. The predicted molar refractivity (Wildman–Crippen MR) is 149 cm³/mol. The molecule has 2 fully saturated rings. The van der Waals surface area contributed by atoms with Crippen LogP contribution in [0, 0.1) is 0 Å². The van der Waals surface area contributed by atoms with Gasteiger partial charge in [-0.3, -0.25) is 9.69 Å². The highest BCUT2D eigenvalue weighted by molar-refractivity contribution is 5.73. The minimum absolute atomic E-state index is 0.0907. The van der Waals surface area contributed by atoms with Crippen molar-refractivity contribution in [1.82, 2.24) is 24.6 Å². The largest absolute Gasteiger partial charge is 0.496 e. The number of hydrogen-bond acceptors (Lipinski definition) is 8. The van der Waals surface area contributed by atoms with E-state index in [9.17, 15) is 9.59 Å². The Hall–Kier alpha value is -4.02. The number of alkyl halides is 1. The van der Waals surface area contributed by atoms with E-state index < -0.39 is 29.9 Å². The van der Waals surface area contributed by atoms with Gasteiger partial charge in [-0.15, -0.1) is 10.2 Å². The van der Waals surface area contributed by atoms with Crippen LogP contribution in [0.3, 0.4) is 0 Å². The number of benzene rings is 1. The molecule has 0 unspecified atom stereocenters. The fourth-order valence-corrected chi connectivity index (χ4v) is 5.60. The van der Waals surface area contributed by atoms with E-state index in [1.165, 1.54) is 4.57 Å². The zero-order valence-corrected chi connectivity index (χ0v) is 23.7. The lowest BCUT2D eigenvalue weighted by Crippen LogP contribution is -2.59. The van der Waals surface area contributed by atoms with Crippen LogP contribution in [0.2, 0.25) is 0 Å². The minimum Gasteiger partial charge on any atom is -0.496 e. The molecule has 0 spiro atoms. The van der Waals surface area contributed by atoms with Crippen molar-refractivity contribution >= 4 is 11.9 Å². The quantitative estimate of drug-likeness (QED) is 0.465. The number of carbonyl (C=O) groups is 1. The number of pyridine rings is 1. The number of nitrogens with zero attached hydrogens (tertiary/aromatic N) is 6. The fraction of sp³-hybridized carbons (Fsp3) is 0.483. The molecule has 1 aromatic carbocycles. The molecule has 2 bridgehead atoms. The number of methoxy groups -OCH3 is 1. The minimum atomic E-state index is -1.26. The van der Waals surface area contributed by atoms with Crippen LogP contribution < -0.4 is 15.2 Å². The van der Waals surface area contributed by atoms with E-state index in [4.69, 9.17) is 9.47 Å². The van der Waals surface area contributed by atoms with Gasteiger partial charge in [-0.1, -0.05) is 6.07 Å². The van der Waals surface area contributed by atoms with Crippen LogP contribution in [0.15, 0.2) is 47.5 Å². The lowest BCUT2D eigenvalue weighted by Gasteiger charge is -2.44. The predicted octanol–water partition coefficient (Wildman–Crippen LogP) is 4.23. The normalized spacial score (nSPS) is 22.2. The van der Waals surface area contributed by atoms with Gasteiger partial charge < -0.3 is 18.9 Å². The van der Waals surface area contributed by atoms with Crippen molar-refractivity contribution < 1.29 is 18.7 Å². The first-order valence-electron chi connectivity index (χ1n) is 13.4. The van der Waals surface area contributed by atoms with Gasteiger partial charge in [-0.2, -0.15) is 0 Å². The summed E-state index contributed by atoms with van der Waals surface area (Å²) < 4.78 is 28.4. The van der Waals surface area contributed by atoms with Crippen molar-refractivity contribution in [3.05, 3.63) is 53.1 Å². The molecule has 4 heterocycles. The summed E-state index contributed by atoms with van der Waals surface area (Å²) in [6.07, 6.45) is 3.38.